The first-order valence-electron chi connectivity index (χ1n) is 6.32. The maximum Gasteiger partial charge on any atom is 0.330 e. The van der Waals surface area contributed by atoms with Gasteiger partial charge in [0.15, 0.2) is 0 Å². The van der Waals surface area contributed by atoms with Gasteiger partial charge in [0, 0.05) is 12.1 Å². The zero-order valence-corrected chi connectivity index (χ0v) is 11.3. The van der Waals surface area contributed by atoms with E-state index in [0.717, 1.165) is 11.3 Å². The Morgan fingerprint density at radius 3 is 2.68 bits per heavy atom. The van der Waals surface area contributed by atoms with E-state index in [2.05, 4.69) is 4.99 Å². The Bertz CT molecular complexity index is 475. The van der Waals surface area contributed by atoms with Crippen LogP contribution in [0.1, 0.15) is 32.3 Å². The molecule has 0 N–H and O–H groups in total. The van der Waals surface area contributed by atoms with E-state index in [1.165, 1.54) is 0 Å². The van der Waals surface area contributed by atoms with E-state index in [1.54, 1.807) is 6.92 Å². The van der Waals surface area contributed by atoms with Gasteiger partial charge in [-0.3, -0.25) is 4.99 Å². The molecule has 19 heavy (non-hydrogen) atoms. The van der Waals surface area contributed by atoms with E-state index in [-0.39, 0.29) is 12.4 Å². The third kappa shape index (κ3) is 4.92. The minimum Gasteiger partial charge on any atom is -0.464 e. The lowest BCUT2D eigenvalue weighted by atomic mass is 10.1. The number of aliphatic imine (C=N–C) groups is 1. The molecule has 0 amide bonds. The van der Waals surface area contributed by atoms with Gasteiger partial charge in [-0.25, -0.2) is 4.79 Å². The average molecular weight is 258 g/mol. The fraction of sp³-hybridized carbons (Fsp3) is 0.400. The van der Waals surface area contributed by atoms with Crippen molar-refractivity contribution in [3.63, 3.8) is 0 Å². The van der Waals surface area contributed by atoms with Gasteiger partial charge in [0.25, 0.3) is 0 Å². The van der Waals surface area contributed by atoms with Gasteiger partial charge >= 0.3 is 5.97 Å². The number of hydrogen-bond donors (Lipinski definition) is 0. The Morgan fingerprint density at radius 2 is 2.11 bits per heavy atom. The number of esters is 1. The Labute approximate surface area is 113 Å². The number of ether oxygens (including phenoxy) is 1. The van der Waals surface area contributed by atoms with Crippen molar-refractivity contribution < 1.29 is 9.53 Å². The van der Waals surface area contributed by atoms with Crippen LogP contribution >= 0.6 is 0 Å². The first-order chi connectivity index (χ1) is 9.19. The van der Waals surface area contributed by atoms with E-state index in [4.69, 9.17) is 10.00 Å². The fourth-order valence-corrected chi connectivity index (χ4v) is 1.66. The molecule has 0 aliphatic carbocycles. The maximum atomic E-state index is 11.8. The van der Waals surface area contributed by atoms with Crippen LogP contribution in [0.15, 0.2) is 35.3 Å². The Balaban J connectivity index is 2.86. The van der Waals surface area contributed by atoms with Crippen LogP contribution in [0.25, 0.3) is 0 Å². The molecule has 4 heteroatoms. The molecule has 0 aliphatic rings. The molecule has 100 valence electrons. The summed E-state index contributed by atoms with van der Waals surface area (Å²) in [7, 11) is 0. The summed E-state index contributed by atoms with van der Waals surface area (Å²) in [5, 5.41) is 8.63. The van der Waals surface area contributed by atoms with Crippen LogP contribution in [0.5, 0.6) is 0 Å². The van der Waals surface area contributed by atoms with Crippen LogP contribution in [-0.2, 0) is 9.53 Å². The van der Waals surface area contributed by atoms with Crippen molar-refractivity contribution in [2.75, 3.05) is 6.61 Å². The zero-order chi connectivity index (χ0) is 14.1. The molecule has 0 saturated carbocycles. The summed E-state index contributed by atoms with van der Waals surface area (Å²) < 4.78 is 4.98. The number of carbonyl (C=O) groups excluding carboxylic acids is 1. The third-order valence-corrected chi connectivity index (χ3v) is 2.63. The lowest BCUT2D eigenvalue weighted by Crippen LogP contribution is -2.23. The van der Waals surface area contributed by atoms with Crippen molar-refractivity contribution in [3.8, 4) is 6.07 Å². The third-order valence-electron chi connectivity index (χ3n) is 2.63. The standard InChI is InChI=1S/C15H18N2O2/c1-3-19-15(18)14(10-7-11-16)17-12(2)13-8-5-4-6-9-13/h4-6,8-9,14H,3,7,10H2,1-2H3. The zero-order valence-electron chi connectivity index (χ0n) is 11.3. The largest absolute Gasteiger partial charge is 0.464 e. The van der Waals surface area contributed by atoms with Gasteiger partial charge in [-0.15, -0.1) is 0 Å². The highest BCUT2D eigenvalue weighted by Gasteiger charge is 2.18. The molecular formula is C15H18N2O2. The molecular weight excluding hydrogens is 240 g/mol. The van der Waals surface area contributed by atoms with Crippen LogP contribution in [0, 0.1) is 11.3 Å². The van der Waals surface area contributed by atoms with Gasteiger partial charge in [0.05, 0.1) is 12.7 Å². The molecule has 0 heterocycles. The first-order valence-corrected chi connectivity index (χ1v) is 6.32. The molecule has 0 aromatic heterocycles. The quantitative estimate of drug-likeness (QED) is 0.582. The lowest BCUT2D eigenvalue weighted by molar-refractivity contribution is -0.144. The number of rotatable bonds is 6. The van der Waals surface area contributed by atoms with Crippen molar-refractivity contribution in [1.29, 1.82) is 5.26 Å². The van der Waals surface area contributed by atoms with E-state index in [9.17, 15) is 4.79 Å². The highest BCUT2D eigenvalue weighted by Crippen LogP contribution is 2.09. The maximum absolute atomic E-state index is 11.8. The topological polar surface area (TPSA) is 62.5 Å². The molecule has 0 bridgehead atoms. The summed E-state index contributed by atoms with van der Waals surface area (Å²) in [4.78, 5) is 16.2. The molecule has 1 aromatic carbocycles. The van der Waals surface area contributed by atoms with Crippen LogP contribution in [0.2, 0.25) is 0 Å². The average Bonchev–Trinajstić information content (AvgIpc) is 2.44. The summed E-state index contributed by atoms with van der Waals surface area (Å²) in [5.74, 6) is -0.368. The minimum atomic E-state index is -0.597. The smallest absolute Gasteiger partial charge is 0.330 e. The summed E-state index contributed by atoms with van der Waals surface area (Å²) in [6.45, 7) is 3.93. The minimum absolute atomic E-state index is 0.287. The second kappa shape index (κ2) is 8.04. The summed E-state index contributed by atoms with van der Waals surface area (Å²) in [6, 6.07) is 11.1. The highest BCUT2D eigenvalue weighted by atomic mass is 16.5. The second-order valence-electron chi connectivity index (χ2n) is 4.05. The molecule has 0 fully saturated rings. The van der Waals surface area contributed by atoms with Gasteiger partial charge in [-0.05, 0) is 25.8 Å². The van der Waals surface area contributed by atoms with E-state index in [1.807, 2.05) is 43.3 Å². The van der Waals surface area contributed by atoms with Crippen LogP contribution in [-0.4, -0.2) is 24.3 Å². The van der Waals surface area contributed by atoms with Crippen molar-refractivity contribution in [2.24, 2.45) is 4.99 Å². The lowest BCUT2D eigenvalue weighted by Gasteiger charge is -2.11. The number of hydrogen-bond acceptors (Lipinski definition) is 4. The monoisotopic (exact) mass is 258 g/mol. The van der Waals surface area contributed by atoms with Crippen LogP contribution < -0.4 is 0 Å². The summed E-state index contributed by atoms with van der Waals surface area (Å²) >= 11 is 0. The SMILES string of the molecule is CCOC(=O)C(CCC#N)N=C(C)c1ccccc1. The number of nitrogens with zero attached hydrogens (tertiary/aromatic N) is 2. The van der Waals surface area contributed by atoms with Crippen molar-refractivity contribution in [3.05, 3.63) is 35.9 Å². The van der Waals surface area contributed by atoms with Gasteiger partial charge in [0.1, 0.15) is 6.04 Å². The molecule has 1 unspecified atom stereocenters. The molecule has 0 radical (unpaired) electrons. The summed E-state index contributed by atoms with van der Waals surface area (Å²) in [6.07, 6.45) is 0.675. The van der Waals surface area contributed by atoms with Gasteiger partial charge < -0.3 is 4.74 Å². The number of nitriles is 1. The van der Waals surface area contributed by atoms with E-state index >= 15 is 0 Å². The van der Waals surface area contributed by atoms with Gasteiger partial charge in [-0.1, -0.05) is 30.3 Å². The van der Waals surface area contributed by atoms with Gasteiger partial charge in [0.2, 0.25) is 0 Å². The number of carbonyl (C=O) groups is 1. The Hall–Kier alpha value is -2.15. The van der Waals surface area contributed by atoms with Crippen molar-refractivity contribution in [2.45, 2.75) is 32.7 Å². The predicted molar refractivity (Wildman–Crippen MR) is 73.9 cm³/mol. The Morgan fingerprint density at radius 1 is 1.42 bits per heavy atom. The molecule has 0 spiro atoms. The molecule has 1 atom stereocenters. The second-order valence-corrected chi connectivity index (χ2v) is 4.05. The normalized spacial score (nSPS) is 12.6. The van der Waals surface area contributed by atoms with Gasteiger partial charge in [-0.2, -0.15) is 5.26 Å². The number of benzene rings is 1. The molecule has 1 aromatic rings. The van der Waals surface area contributed by atoms with Crippen LogP contribution in [0.4, 0.5) is 0 Å². The van der Waals surface area contributed by atoms with Crippen molar-refractivity contribution in [1.82, 2.24) is 0 Å². The highest BCUT2D eigenvalue weighted by molar-refractivity contribution is 5.99. The Kier molecular flexibility index (Phi) is 6.31. The fourth-order valence-electron chi connectivity index (χ4n) is 1.66. The first kappa shape index (κ1) is 14.9. The van der Waals surface area contributed by atoms with E-state index < -0.39 is 6.04 Å². The molecule has 4 nitrogen and oxygen atoms in total. The molecule has 0 saturated heterocycles. The predicted octanol–water partition coefficient (Wildman–Crippen LogP) is 2.73. The van der Waals surface area contributed by atoms with Crippen LogP contribution in [0.3, 0.4) is 0 Å². The van der Waals surface area contributed by atoms with E-state index in [0.29, 0.717) is 13.0 Å². The summed E-state index contributed by atoms with van der Waals surface area (Å²) in [5.41, 5.74) is 1.74. The van der Waals surface area contributed by atoms with Crippen molar-refractivity contribution >= 4 is 11.7 Å². The molecule has 0 aliphatic heterocycles. The molecule has 1 rings (SSSR count).